The molecule has 0 saturated heterocycles. The van der Waals surface area contributed by atoms with E-state index in [1.807, 2.05) is 6.92 Å². The van der Waals surface area contributed by atoms with Crippen molar-refractivity contribution in [2.24, 2.45) is 0 Å². The summed E-state index contributed by atoms with van der Waals surface area (Å²) in [7, 11) is 0. The Morgan fingerprint density at radius 2 is 2.33 bits per heavy atom. The largest absolute Gasteiger partial charge is 0.388 e. The van der Waals surface area contributed by atoms with Crippen LogP contribution in [0.2, 0.25) is 0 Å². The van der Waals surface area contributed by atoms with Crippen LogP contribution in [-0.4, -0.2) is 25.0 Å². The monoisotopic (exact) mass is 164 g/mol. The van der Waals surface area contributed by atoms with Gasteiger partial charge in [-0.05, 0) is 6.92 Å². The Kier molecular flexibility index (Phi) is 1.51. The van der Waals surface area contributed by atoms with Crippen molar-refractivity contribution in [3.63, 3.8) is 0 Å². The van der Waals surface area contributed by atoms with E-state index in [0.29, 0.717) is 11.5 Å². The summed E-state index contributed by atoms with van der Waals surface area (Å²) in [5, 5.41) is 8.80. The Hall–Kier alpha value is -1.49. The minimum atomic E-state index is -0.149. The molecule has 0 saturated carbocycles. The maximum atomic E-state index is 8.80. The van der Waals surface area contributed by atoms with Crippen LogP contribution in [0.3, 0.4) is 0 Å². The summed E-state index contributed by atoms with van der Waals surface area (Å²) in [6, 6.07) is 0. The van der Waals surface area contributed by atoms with Crippen molar-refractivity contribution in [1.29, 1.82) is 0 Å². The van der Waals surface area contributed by atoms with Gasteiger partial charge in [-0.25, -0.2) is 15.0 Å². The number of aliphatic hydroxyl groups excluding tert-OH is 1. The Balaban J connectivity index is 2.75. The Morgan fingerprint density at radius 1 is 1.50 bits per heavy atom. The molecule has 0 fully saturated rings. The van der Waals surface area contributed by atoms with Gasteiger partial charge in [0.25, 0.3) is 0 Å². The lowest BCUT2D eigenvalue weighted by atomic mass is 10.4. The second-order valence-corrected chi connectivity index (χ2v) is 2.48. The number of fused-ring (bicyclic) bond motifs is 1. The summed E-state index contributed by atoms with van der Waals surface area (Å²) in [6.07, 6.45) is 1.56. The van der Waals surface area contributed by atoms with Crippen molar-refractivity contribution < 1.29 is 5.11 Å². The lowest BCUT2D eigenvalue weighted by molar-refractivity contribution is 0.271. The molecule has 2 N–H and O–H groups in total. The summed E-state index contributed by atoms with van der Waals surface area (Å²) in [6.45, 7) is 1.70. The van der Waals surface area contributed by atoms with E-state index in [1.54, 1.807) is 6.33 Å². The van der Waals surface area contributed by atoms with Crippen molar-refractivity contribution in [2.75, 3.05) is 0 Å². The Labute approximate surface area is 68.5 Å². The van der Waals surface area contributed by atoms with Gasteiger partial charge in [0.2, 0.25) is 0 Å². The van der Waals surface area contributed by atoms with Crippen molar-refractivity contribution in [1.82, 2.24) is 19.9 Å². The molecule has 0 amide bonds. The number of aryl methyl sites for hydroxylation is 1. The van der Waals surface area contributed by atoms with Crippen LogP contribution < -0.4 is 0 Å². The molecule has 5 heteroatoms. The molecule has 2 aromatic rings. The smallest absolute Gasteiger partial charge is 0.181 e. The fraction of sp³-hybridized carbons (Fsp3) is 0.286. The average Bonchev–Trinajstić information content (AvgIpc) is 2.52. The fourth-order valence-electron chi connectivity index (χ4n) is 1.11. The molecule has 5 nitrogen and oxygen atoms in total. The van der Waals surface area contributed by atoms with E-state index in [4.69, 9.17) is 5.11 Å². The molecule has 0 spiro atoms. The summed E-state index contributed by atoms with van der Waals surface area (Å²) < 4.78 is 0. The normalized spacial score (nSPS) is 10.8. The predicted molar refractivity (Wildman–Crippen MR) is 42.3 cm³/mol. The lowest BCUT2D eigenvalue weighted by Gasteiger charge is -1.96. The SMILES string of the molecule is Cc1nc(CO)nc2nc[nH]c12. The summed E-state index contributed by atoms with van der Waals surface area (Å²) in [4.78, 5) is 15.0. The molecule has 2 aromatic heterocycles. The van der Waals surface area contributed by atoms with E-state index in [1.165, 1.54) is 0 Å². The van der Waals surface area contributed by atoms with E-state index in [0.717, 1.165) is 11.2 Å². The first-order valence-electron chi connectivity index (χ1n) is 3.58. The van der Waals surface area contributed by atoms with Gasteiger partial charge in [-0.1, -0.05) is 0 Å². The second-order valence-electron chi connectivity index (χ2n) is 2.48. The highest BCUT2D eigenvalue weighted by Crippen LogP contribution is 2.09. The number of imidazole rings is 1. The third-order valence-corrected chi connectivity index (χ3v) is 1.65. The van der Waals surface area contributed by atoms with Gasteiger partial charge in [-0.15, -0.1) is 0 Å². The zero-order valence-corrected chi connectivity index (χ0v) is 6.57. The molecule has 2 heterocycles. The van der Waals surface area contributed by atoms with Gasteiger partial charge in [-0.3, -0.25) is 0 Å². The van der Waals surface area contributed by atoms with Gasteiger partial charge in [0.05, 0.1) is 12.0 Å². The summed E-state index contributed by atoms with van der Waals surface area (Å²) in [5.41, 5.74) is 2.24. The number of hydrogen-bond donors (Lipinski definition) is 2. The van der Waals surface area contributed by atoms with Gasteiger partial charge in [0, 0.05) is 0 Å². The molecular weight excluding hydrogens is 156 g/mol. The Morgan fingerprint density at radius 3 is 3.08 bits per heavy atom. The molecule has 0 aromatic carbocycles. The topological polar surface area (TPSA) is 74.7 Å². The van der Waals surface area contributed by atoms with Crippen LogP contribution in [0, 0.1) is 6.92 Å². The third kappa shape index (κ3) is 0.947. The number of aliphatic hydroxyl groups is 1. The number of aromatic nitrogens is 4. The zero-order valence-electron chi connectivity index (χ0n) is 6.57. The highest BCUT2D eigenvalue weighted by molar-refractivity contribution is 5.71. The first kappa shape index (κ1) is 7.17. The van der Waals surface area contributed by atoms with E-state index in [-0.39, 0.29) is 6.61 Å². The second kappa shape index (κ2) is 2.53. The molecule has 0 aliphatic rings. The molecule has 0 aliphatic carbocycles. The number of H-pyrrole nitrogens is 1. The van der Waals surface area contributed by atoms with Crippen molar-refractivity contribution in [2.45, 2.75) is 13.5 Å². The summed E-state index contributed by atoms with van der Waals surface area (Å²) >= 11 is 0. The summed E-state index contributed by atoms with van der Waals surface area (Å²) in [5.74, 6) is 0.409. The average molecular weight is 164 g/mol. The quantitative estimate of drug-likeness (QED) is 0.629. The zero-order chi connectivity index (χ0) is 8.55. The lowest BCUT2D eigenvalue weighted by Crippen LogP contribution is -1.97. The van der Waals surface area contributed by atoms with Crippen molar-refractivity contribution in [3.8, 4) is 0 Å². The fourth-order valence-corrected chi connectivity index (χ4v) is 1.11. The first-order valence-corrected chi connectivity index (χ1v) is 3.58. The Bertz CT molecular complexity index is 409. The van der Waals surface area contributed by atoms with E-state index in [9.17, 15) is 0 Å². The maximum Gasteiger partial charge on any atom is 0.181 e. The minimum absolute atomic E-state index is 0.149. The number of aromatic amines is 1. The molecular formula is C7H8N4O. The molecule has 12 heavy (non-hydrogen) atoms. The van der Waals surface area contributed by atoms with Gasteiger partial charge in [0.1, 0.15) is 12.1 Å². The molecule has 0 unspecified atom stereocenters. The third-order valence-electron chi connectivity index (χ3n) is 1.65. The van der Waals surface area contributed by atoms with Gasteiger partial charge in [0.15, 0.2) is 11.5 Å². The van der Waals surface area contributed by atoms with Gasteiger partial charge < -0.3 is 10.1 Å². The van der Waals surface area contributed by atoms with Gasteiger partial charge >= 0.3 is 0 Å². The molecule has 0 atom stereocenters. The van der Waals surface area contributed by atoms with Crippen molar-refractivity contribution in [3.05, 3.63) is 17.8 Å². The van der Waals surface area contributed by atoms with Crippen LogP contribution in [0.4, 0.5) is 0 Å². The number of nitrogens with one attached hydrogen (secondary N) is 1. The van der Waals surface area contributed by atoms with Crippen molar-refractivity contribution >= 4 is 11.2 Å². The number of nitrogens with zero attached hydrogens (tertiary/aromatic N) is 3. The van der Waals surface area contributed by atoms with Gasteiger partial charge in [-0.2, -0.15) is 0 Å². The van der Waals surface area contributed by atoms with E-state index in [2.05, 4.69) is 19.9 Å². The van der Waals surface area contributed by atoms with Crippen LogP contribution in [0.15, 0.2) is 6.33 Å². The maximum absolute atomic E-state index is 8.80. The molecule has 2 rings (SSSR count). The number of rotatable bonds is 1. The van der Waals surface area contributed by atoms with Crippen LogP contribution in [0.25, 0.3) is 11.2 Å². The number of hydrogen-bond acceptors (Lipinski definition) is 4. The highest BCUT2D eigenvalue weighted by atomic mass is 16.3. The molecule has 0 radical (unpaired) electrons. The van der Waals surface area contributed by atoms with Crippen LogP contribution >= 0.6 is 0 Å². The molecule has 0 bridgehead atoms. The van der Waals surface area contributed by atoms with Crippen LogP contribution in [0.5, 0.6) is 0 Å². The van der Waals surface area contributed by atoms with Crippen LogP contribution in [-0.2, 0) is 6.61 Å². The van der Waals surface area contributed by atoms with E-state index < -0.39 is 0 Å². The standard InChI is InChI=1S/C7H8N4O/c1-4-6-7(9-3-8-6)11-5(2-12)10-4/h3,12H,2H2,1H3,(H,8,9,10,11). The minimum Gasteiger partial charge on any atom is -0.388 e. The van der Waals surface area contributed by atoms with Crippen LogP contribution in [0.1, 0.15) is 11.5 Å². The highest BCUT2D eigenvalue weighted by Gasteiger charge is 2.04. The molecule has 62 valence electrons. The first-order chi connectivity index (χ1) is 5.81. The van der Waals surface area contributed by atoms with E-state index >= 15 is 0 Å². The predicted octanol–water partition coefficient (Wildman–Crippen LogP) is 0.154. The molecule has 0 aliphatic heterocycles.